The summed E-state index contributed by atoms with van der Waals surface area (Å²) in [5, 5.41) is 3.50. The predicted octanol–water partition coefficient (Wildman–Crippen LogP) is 4.42. The maximum Gasteiger partial charge on any atom is 0.0485 e. The number of rotatable bonds is 4. The summed E-state index contributed by atoms with van der Waals surface area (Å²) in [6.07, 6.45) is 1.10. The van der Waals surface area contributed by atoms with Crippen LogP contribution in [-0.4, -0.2) is 0 Å². The van der Waals surface area contributed by atoms with Gasteiger partial charge in [-0.2, -0.15) is 0 Å². The molecule has 0 radical (unpaired) electrons. The molecular formula is C16H19N. The van der Waals surface area contributed by atoms with Crippen LogP contribution in [0.2, 0.25) is 0 Å². The summed E-state index contributed by atoms with van der Waals surface area (Å²) in [5.74, 6) is 0. The van der Waals surface area contributed by atoms with Gasteiger partial charge in [-0.3, -0.25) is 0 Å². The van der Waals surface area contributed by atoms with Crippen molar-refractivity contribution in [3.63, 3.8) is 0 Å². The second-order valence-electron chi connectivity index (χ2n) is 4.33. The van der Waals surface area contributed by atoms with Crippen LogP contribution in [0.4, 0.5) is 5.69 Å². The van der Waals surface area contributed by atoms with Crippen LogP contribution in [0, 0.1) is 0 Å². The maximum absolute atomic E-state index is 3.50. The van der Waals surface area contributed by atoms with Crippen LogP contribution < -0.4 is 5.32 Å². The fourth-order valence-electron chi connectivity index (χ4n) is 1.91. The third-order valence-corrected chi connectivity index (χ3v) is 3.04. The molecule has 0 aliphatic carbocycles. The van der Waals surface area contributed by atoms with Crippen molar-refractivity contribution in [2.24, 2.45) is 0 Å². The van der Waals surface area contributed by atoms with Crippen molar-refractivity contribution in [3.05, 3.63) is 65.7 Å². The highest BCUT2D eigenvalue weighted by Gasteiger charge is 2.04. The van der Waals surface area contributed by atoms with Crippen molar-refractivity contribution in [1.82, 2.24) is 0 Å². The van der Waals surface area contributed by atoms with E-state index < -0.39 is 0 Å². The second-order valence-corrected chi connectivity index (χ2v) is 4.33. The first-order valence-electron chi connectivity index (χ1n) is 6.20. The van der Waals surface area contributed by atoms with Crippen molar-refractivity contribution in [1.29, 1.82) is 0 Å². The molecule has 0 aliphatic rings. The number of hydrogen-bond acceptors (Lipinski definition) is 1. The van der Waals surface area contributed by atoms with Crippen molar-refractivity contribution in [3.8, 4) is 0 Å². The minimum Gasteiger partial charge on any atom is -0.379 e. The van der Waals surface area contributed by atoms with Gasteiger partial charge < -0.3 is 5.32 Å². The number of hydrogen-bond donors (Lipinski definition) is 1. The third-order valence-electron chi connectivity index (χ3n) is 3.04. The predicted molar refractivity (Wildman–Crippen MR) is 74.3 cm³/mol. The molecule has 0 fully saturated rings. The van der Waals surface area contributed by atoms with E-state index in [1.165, 1.54) is 16.8 Å². The topological polar surface area (TPSA) is 12.0 Å². The summed E-state index contributed by atoms with van der Waals surface area (Å²) < 4.78 is 0. The van der Waals surface area contributed by atoms with Crippen LogP contribution >= 0.6 is 0 Å². The smallest absolute Gasteiger partial charge is 0.0485 e. The molecule has 0 aliphatic heterocycles. The summed E-state index contributed by atoms with van der Waals surface area (Å²) in [6.45, 7) is 4.37. The molecule has 0 heterocycles. The minimum absolute atomic E-state index is 0.336. The Kier molecular flexibility index (Phi) is 3.81. The lowest BCUT2D eigenvalue weighted by Crippen LogP contribution is -2.06. The summed E-state index contributed by atoms with van der Waals surface area (Å²) in [5.41, 5.74) is 3.88. The Labute approximate surface area is 103 Å². The second kappa shape index (κ2) is 5.53. The van der Waals surface area contributed by atoms with E-state index in [1.54, 1.807) is 0 Å². The van der Waals surface area contributed by atoms with E-state index in [1.807, 2.05) is 6.07 Å². The molecule has 0 saturated carbocycles. The molecule has 2 aromatic carbocycles. The van der Waals surface area contributed by atoms with E-state index in [-0.39, 0.29) is 0 Å². The molecule has 2 rings (SSSR count). The molecule has 0 bridgehead atoms. The van der Waals surface area contributed by atoms with Gasteiger partial charge in [-0.1, -0.05) is 49.4 Å². The van der Waals surface area contributed by atoms with Crippen LogP contribution in [0.15, 0.2) is 54.6 Å². The molecule has 2 aromatic rings. The van der Waals surface area contributed by atoms with Gasteiger partial charge >= 0.3 is 0 Å². The molecule has 0 saturated heterocycles. The lowest BCUT2D eigenvalue weighted by Gasteiger charge is -2.16. The SMILES string of the molecule is CCc1ccc(C(C)Nc2ccccc2)cc1. The molecule has 1 nitrogen and oxygen atoms in total. The molecule has 17 heavy (non-hydrogen) atoms. The fraction of sp³-hybridized carbons (Fsp3) is 0.250. The van der Waals surface area contributed by atoms with Gasteiger partial charge in [0.15, 0.2) is 0 Å². The van der Waals surface area contributed by atoms with E-state index in [9.17, 15) is 0 Å². The van der Waals surface area contributed by atoms with Crippen molar-refractivity contribution in [2.75, 3.05) is 5.32 Å². The molecule has 0 aromatic heterocycles. The summed E-state index contributed by atoms with van der Waals surface area (Å²) in [6, 6.07) is 19.5. The van der Waals surface area contributed by atoms with Crippen molar-refractivity contribution < 1.29 is 0 Å². The first-order chi connectivity index (χ1) is 8.29. The van der Waals surface area contributed by atoms with Gasteiger partial charge in [-0.05, 0) is 36.6 Å². The third kappa shape index (κ3) is 3.10. The first-order valence-corrected chi connectivity index (χ1v) is 6.20. The van der Waals surface area contributed by atoms with Gasteiger partial charge in [-0.15, -0.1) is 0 Å². The van der Waals surface area contributed by atoms with Gasteiger partial charge in [0.05, 0.1) is 0 Å². The summed E-state index contributed by atoms with van der Waals surface area (Å²) in [7, 11) is 0. The highest BCUT2D eigenvalue weighted by Crippen LogP contribution is 2.19. The number of aryl methyl sites for hydroxylation is 1. The largest absolute Gasteiger partial charge is 0.379 e. The Bertz CT molecular complexity index is 445. The lowest BCUT2D eigenvalue weighted by molar-refractivity contribution is 0.883. The zero-order valence-electron chi connectivity index (χ0n) is 10.5. The Morgan fingerprint density at radius 1 is 0.941 bits per heavy atom. The molecule has 88 valence electrons. The normalized spacial score (nSPS) is 12.1. The van der Waals surface area contributed by atoms with E-state index in [0.717, 1.165) is 6.42 Å². The van der Waals surface area contributed by atoms with Gasteiger partial charge in [0, 0.05) is 11.7 Å². The molecule has 1 heteroatoms. The van der Waals surface area contributed by atoms with Crippen LogP contribution in [0.25, 0.3) is 0 Å². The first kappa shape index (κ1) is 11.7. The van der Waals surface area contributed by atoms with E-state index >= 15 is 0 Å². The Hall–Kier alpha value is -1.76. The monoisotopic (exact) mass is 225 g/mol. The maximum atomic E-state index is 3.50. The van der Waals surface area contributed by atoms with Crippen LogP contribution in [0.5, 0.6) is 0 Å². The average molecular weight is 225 g/mol. The molecule has 1 unspecified atom stereocenters. The number of benzene rings is 2. The van der Waals surface area contributed by atoms with Gasteiger partial charge in [0.1, 0.15) is 0 Å². The van der Waals surface area contributed by atoms with Crippen LogP contribution in [-0.2, 0) is 6.42 Å². The Morgan fingerprint density at radius 2 is 1.59 bits per heavy atom. The van der Waals surface area contributed by atoms with Crippen LogP contribution in [0.1, 0.15) is 31.0 Å². The highest BCUT2D eigenvalue weighted by atomic mass is 14.9. The summed E-state index contributed by atoms with van der Waals surface area (Å²) in [4.78, 5) is 0. The lowest BCUT2D eigenvalue weighted by atomic mass is 10.0. The standard InChI is InChI=1S/C16H19N/c1-3-14-9-11-15(12-10-14)13(2)17-16-7-5-4-6-8-16/h4-13,17H,3H2,1-2H3. The van der Waals surface area contributed by atoms with Gasteiger partial charge in [-0.25, -0.2) is 0 Å². The molecular weight excluding hydrogens is 206 g/mol. The average Bonchev–Trinajstić information content (AvgIpc) is 2.40. The van der Waals surface area contributed by atoms with Crippen molar-refractivity contribution >= 4 is 5.69 Å². The Balaban J connectivity index is 2.06. The highest BCUT2D eigenvalue weighted by molar-refractivity contribution is 5.45. The molecule has 1 atom stereocenters. The number of anilines is 1. The molecule has 0 amide bonds. The summed E-state index contributed by atoms with van der Waals surface area (Å²) >= 11 is 0. The zero-order chi connectivity index (χ0) is 12.1. The van der Waals surface area contributed by atoms with E-state index in [4.69, 9.17) is 0 Å². The fourth-order valence-corrected chi connectivity index (χ4v) is 1.91. The number of nitrogens with one attached hydrogen (secondary N) is 1. The molecule has 1 N–H and O–H groups in total. The minimum atomic E-state index is 0.336. The van der Waals surface area contributed by atoms with E-state index in [2.05, 4.69) is 67.7 Å². The van der Waals surface area contributed by atoms with Gasteiger partial charge in [0.25, 0.3) is 0 Å². The molecule has 0 spiro atoms. The zero-order valence-corrected chi connectivity index (χ0v) is 10.5. The van der Waals surface area contributed by atoms with Gasteiger partial charge in [0.2, 0.25) is 0 Å². The number of para-hydroxylation sites is 1. The van der Waals surface area contributed by atoms with Crippen molar-refractivity contribution in [2.45, 2.75) is 26.3 Å². The quantitative estimate of drug-likeness (QED) is 0.812. The van der Waals surface area contributed by atoms with Crippen LogP contribution in [0.3, 0.4) is 0 Å². The Morgan fingerprint density at radius 3 is 2.18 bits per heavy atom. The van der Waals surface area contributed by atoms with E-state index in [0.29, 0.717) is 6.04 Å².